The zero-order chi connectivity index (χ0) is 12.1. The first-order valence-corrected chi connectivity index (χ1v) is 4.59. The zero-order valence-electron chi connectivity index (χ0n) is 8.46. The highest BCUT2D eigenvalue weighted by Gasteiger charge is 2.12. The van der Waals surface area contributed by atoms with E-state index in [9.17, 15) is 4.79 Å². The van der Waals surface area contributed by atoms with Gasteiger partial charge in [-0.15, -0.1) is 0 Å². The van der Waals surface area contributed by atoms with E-state index in [4.69, 9.17) is 25.8 Å². The molecule has 16 heavy (non-hydrogen) atoms. The fraction of sp³-hybridized carbons (Fsp3) is 0.300. The molecule has 0 heterocycles. The minimum absolute atomic E-state index is 0.0423. The maximum absolute atomic E-state index is 10.8. The molecule has 0 amide bonds. The minimum atomic E-state index is -1.14. The number of nitrogens with two attached hydrogens (primary N) is 1. The molecule has 88 valence electrons. The van der Waals surface area contributed by atoms with Crippen molar-refractivity contribution < 1.29 is 24.9 Å². The van der Waals surface area contributed by atoms with Gasteiger partial charge in [-0.2, -0.15) is 0 Å². The third kappa shape index (κ3) is 3.11. The molecule has 0 aliphatic heterocycles. The van der Waals surface area contributed by atoms with E-state index in [1.807, 2.05) is 0 Å². The lowest BCUT2D eigenvalue weighted by molar-refractivity contribution is 0.0519. The lowest BCUT2D eigenvalue weighted by Crippen LogP contribution is -2.22. The molecule has 1 aromatic rings. The van der Waals surface area contributed by atoms with Gasteiger partial charge in [-0.1, -0.05) is 0 Å². The lowest BCUT2D eigenvalue weighted by atomic mass is 10.2. The molecule has 0 saturated carbocycles. The van der Waals surface area contributed by atoms with Gasteiger partial charge >= 0.3 is 5.97 Å². The molecule has 0 saturated heterocycles. The fourth-order valence-corrected chi connectivity index (χ4v) is 1.07. The molecule has 1 atom stereocenters. The van der Waals surface area contributed by atoms with Crippen molar-refractivity contribution in [2.24, 2.45) is 0 Å². The van der Waals surface area contributed by atoms with E-state index in [0.29, 0.717) is 5.69 Å². The highest BCUT2D eigenvalue weighted by molar-refractivity contribution is 5.91. The van der Waals surface area contributed by atoms with Gasteiger partial charge in [0.25, 0.3) is 0 Å². The highest BCUT2D eigenvalue weighted by atomic mass is 16.5. The van der Waals surface area contributed by atoms with Crippen LogP contribution in [0.3, 0.4) is 0 Å². The van der Waals surface area contributed by atoms with Crippen LogP contribution in [0, 0.1) is 0 Å². The summed E-state index contributed by atoms with van der Waals surface area (Å²) < 4.78 is 5.06. The topological polar surface area (TPSA) is 113 Å². The molecule has 1 aromatic carbocycles. The van der Waals surface area contributed by atoms with Crippen molar-refractivity contribution in [1.29, 1.82) is 0 Å². The minimum Gasteiger partial charge on any atom is -0.490 e. The number of nitrogen functional groups attached to an aromatic ring is 1. The number of ether oxygens (including phenoxy) is 1. The van der Waals surface area contributed by atoms with E-state index in [2.05, 4.69) is 0 Å². The third-order valence-corrected chi connectivity index (χ3v) is 1.88. The Morgan fingerprint density at radius 2 is 2.19 bits per heavy atom. The maximum Gasteiger partial charge on any atom is 0.339 e. The van der Waals surface area contributed by atoms with Gasteiger partial charge in [0.1, 0.15) is 24.0 Å². The van der Waals surface area contributed by atoms with Crippen LogP contribution in [0.25, 0.3) is 0 Å². The van der Waals surface area contributed by atoms with Crippen LogP contribution in [0.4, 0.5) is 5.69 Å². The van der Waals surface area contributed by atoms with Gasteiger partial charge in [0.2, 0.25) is 0 Å². The lowest BCUT2D eigenvalue weighted by Gasteiger charge is -2.12. The Bertz CT molecular complexity index is 379. The van der Waals surface area contributed by atoms with Crippen LogP contribution < -0.4 is 10.5 Å². The Morgan fingerprint density at radius 3 is 2.75 bits per heavy atom. The molecular weight excluding hydrogens is 214 g/mol. The number of carbonyl (C=O) groups is 1. The van der Waals surface area contributed by atoms with Crippen molar-refractivity contribution >= 4 is 11.7 Å². The Kier molecular flexibility index (Phi) is 4.10. The van der Waals surface area contributed by atoms with Crippen LogP contribution in [0.15, 0.2) is 18.2 Å². The number of carboxylic acids is 1. The van der Waals surface area contributed by atoms with E-state index in [1.165, 1.54) is 18.2 Å². The first-order valence-electron chi connectivity index (χ1n) is 4.59. The molecular formula is C10H13NO5. The van der Waals surface area contributed by atoms with E-state index in [-0.39, 0.29) is 17.9 Å². The van der Waals surface area contributed by atoms with Crippen LogP contribution in [0.2, 0.25) is 0 Å². The fourth-order valence-electron chi connectivity index (χ4n) is 1.07. The summed E-state index contributed by atoms with van der Waals surface area (Å²) in [5.74, 6) is -1.08. The average molecular weight is 227 g/mol. The van der Waals surface area contributed by atoms with Crippen LogP contribution >= 0.6 is 0 Å². The zero-order valence-corrected chi connectivity index (χ0v) is 8.46. The van der Waals surface area contributed by atoms with Gasteiger partial charge in [-0.25, -0.2) is 4.79 Å². The normalized spacial score (nSPS) is 12.1. The van der Waals surface area contributed by atoms with Crippen molar-refractivity contribution in [2.45, 2.75) is 6.10 Å². The predicted molar refractivity (Wildman–Crippen MR) is 56.4 cm³/mol. The van der Waals surface area contributed by atoms with Crippen molar-refractivity contribution in [2.75, 3.05) is 18.9 Å². The number of anilines is 1. The first-order chi connectivity index (χ1) is 7.54. The molecule has 1 rings (SSSR count). The monoisotopic (exact) mass is 227 g/mol. The summed E-state index contributed by atoms with van der Waals surface area (Å²) in [6, 6.07) is 4.12. The second-order valence-electron chi connectivity index (χ2n) is 3.21. The second-order valence-corrected chi connectivity index (χ2v) is 3.21. The van der Waals surface area contributed by atoms with Crippen molar-refractivity contribution in [3.63, 3.8) is 0 Å². The summed E-state index contributed by atoms with van der Waals surface area (Å²) in [7, 11) is 0. The summed E-state index contributed by atoms with van der Waals surface area (Å²) in [6.07, 6.45) is -1.05. The van der Waals surface area contributed by atoms with Gasteiger partial charge in [0.05, 0.1) is 6.61 Å². The van der Waals surface area contributed by atoms with Gasteiger partial charge in [0.15, 0.2) is 0 Å². The van der Waals surface area contributed by atoms with Gasteiger partial charge in [0, 0.05) is 11.8 Å². The first kappa shape index (κ1) is 12.3. The molecule has 6 nitrogen and oxygen atoms in total. The maximum atomic E-state index is 10.8. The number of aromatic carboxylic acids is 1. The molecule has 0 aromatic heterocycles. The van der Waals surface area contributed by atoms with Crippen LogP contribution in [-0.4, -0.2) is 40.6 Å². The quantitative estimate of drug-likeness (QED) is 0.513. The third-order valence-electron chi connectivity index (χ3n) is 1.88. The molecule has 0 aliphatic carbocycles. The van der Waals surface area contributed by atoms with E-state index in [1.54, 1.807) is 0 Å². The van der Waals surface area contributed by atoms with Crippen molar-refractivity contribution in [3.8, 4) is 5.75 Å². The summed E-state index contributed by atoms with van der Waals surface area (Å²) >= 11 is 0. The Hall–Kier alpha value is -1.79. The van der Waals surface area contributed by atoms with Crippen LogP contribution in [-0.2, 0) is 0 Å². The predicted octanol–water partition coefficient (Wildman–Crippen LogP) is -0.301. The van der Waals surface area contributed by atoms with Crippen LogP contribution in [0.5, 0.6) is 5.75 Å². The van der Waals surface area contributed by atoms with Gasteiger partial charge in [-0.3, -0.25) is 0 Å². The smallest absolute Gasteiger partial charge is 0.339 e. The van der Waals surface area contributed by atoms with E-state index < -0.39 is 18.7 Å². The highest BCUT2D eigenvalue weighted by Crippen LogP contribution is 2.21. The molecule has 0 spiro atoms. The Morgan fingerprint density at radius 1 is 1.50 bits per heavy atom. The van der Waals surface area contributed by atoms with E-state index >= 15 is 0 Å². The molecule has 0 radical (unpaired) electrons. The van der Waals surface area contributed by atoms with E-state index in [0.717, 1.165) is 0 Å². The number of aliphatic hydroxyl groups is 2. The number of carboxylic acid groups (broad SMARTS) is 1. The number of aliphatic hydroxyl groups excluding tert-OH is 2. The Labute approximate surface area is 91.9 Å². The SMILES string of the molecule is Nc1ccc(C(=O)O)c(OCC(O)CO)c1. The Balaban J connectivity index is 2.84. The average Bonchev–Trinajstić information content (AvgIpc) is 2.25. The summed E-state index contributed by atoms with van der Waals surface area (Å²) in [4.78, 5) is 10.8. The van der Waals surface area contributed by atoms with Gasteiger partial charge in [-0.05, 0) is 12.1 Å². The van der Waals surface area contributed by atoms with Crippen molar-refractivity contribution in [3.05, 3.63) is 23.8 Å². The molecule has 5 N–H and O–H groups in total. The number of rotatable bonds is 5. The number of hydrogen-bond acceptors (Lipinski definition) is 5. The molecule has 0 bridgehead atoms. The molecule has 6 heteroatoms. The summed E-state index contributed by atoms with van der Waals surface area (Å²) in [6.45, 7) is -0.648. The van der Waals surface area contributed by atoms with Crippen molar-refractivity contribution in [1.82, 2.24) is 0 Å². The molecule has 0 aliphatic rings. The van der Waals surface area contributed by atoms with Gasteiger partial charge < -0.3 is 25.8 Å². The summed E-state index contributed by atoms with van der Waals surface area (Å²) in [5, 5.41) is 26.5. The molecule has 0 fully saturated rings. The summed E-state index contributed by atoms with van der Waals surface area (Å²) in [5.41, 5.74) is 5.80. The number of hydrogen-bond donors (Lipinski definition) is 4. The molecule has 1 unspecified atom stereocenters. The van der Waals surface area contributed by atoms with Crippen LogP contribution in [0.1, 0.15) is 10.4 Å². The number of benzene rings is 1. The largest absolute Gasteiger partial charge is 0.490 e. The second kappa shape index (κ2) is 5.34. The standard InChI is InChI=1S/C10H13NO5/c11-6-1-2-8(10(14)15)9(3-6)16-5-7(13)4-12/h1-3,7,12-13H,4-5,11H2,(H,14,15).